The molecule has 0 unspecified atom stereocenters. The zero-order valence-electron chi connectivity index (χ0n) is 17.3. The summed E-state index contributed by atoms with van der Waals surface area (Å²) in [7, 11) is 3.20. The van der Waals surface area contributed by atoms with Crippen LogP contribution in [0.2, 0.25) is 0 Å². The van der Waals surface area contributed by atoms with Crippen molar-refractivity contribution in [2.75, 3.05) is 13.7 Å². The van der Waals surface area contributed by atoms with E-state index in [0.717, 1.165) is 41.5 Å². The summed E-state index contributed by atoms with van der Waals surface area (Å²) < 4.78 is 6.69. The van der Waals surface area contributed by atoms with Crippen LogP contribution in [-0.2, 0) is 11.8 Å². The van der Waals surface area contributed by atoms with Crippen molar-refractivity contribution in [3.63, 3.8) is 0 Å². The second kappa shape index (κ2) is 8.86. The topological polar surface area (TPSA) is 86.1 Å². The Labute approximate surface area is 170 Å². The van der Waals surface area contributed by atoms with Crippen LogP contribution in [0.1, 0.15) is 52.7 Å². The highest BCUT2D eigenvalue weighted by Gasteiger charge is 2.20. The minimum atomic E-state index is -0.488. The van der Waals surface area contributed by atoms with Gasteiger partial charge in [0, 0.05) is 30.2 Å². The Morgan fingerprint density at radius 3 is 2.66 bits per heavy atom. The SMILES string of the molecule is CCCCCNC(=O)c1cc(-c2cnn(C)c2C)c2cccc(C(=O)OC)c2n1. The van der Waals surface area contributed by atoms with Gasteiger partial charge in [0.2, 0.25) is 0 Å². The number of hydrogen-bond donors (Lipinski definition) is 1. The van der Waals surface area contributed by atoms with Crippen molar-refractivity contribution in [2.24, 2.45) is 7.05 Å². The summed E-state index contributed by atoms with van der Waals surface area (Å²) in [5, 5.41) is 8.01. The molecule has 152 valence electrons. The largest absolute Gasteiger partial charge is 0.465 e. The van der Waals surface area contributed by atoms with Gasteiger partial charge in [-0.05, 0) is 31.0 Å². The maximum Gasteiger partial charge on any atom is 0.340 e. The van der Waals surface area contributed by atoms with Gasteiger partial charge in [0.15, 0.2) is 0 Å². The lowest BCUT2D eigenvalue weighted by molar-refractivity contribution is 0.0602. The Balaban J connectivity index is 2.16. The fourth-order valence-corrected chi connectivity index (χ4v) is 3.29. The number of nitrogens with one attached hydrogen (secondary N) is 1. The molecule has 3 aromatic rings. The standard InChI is InChI=1S/C22H26N4O3/c1-5-6-7-11-23-21(27)19-12-17(18-13-24-26(3)14(18)2)15-9-8-10-16(20(15)25-19)22(28)29-4/h8-10,12-13H,5-7,11H2,1-4H3,(H,23,27). The average molecular weight is 394 g/mol. The molecule has 0 bridgehead atoms. The van der Waals surface area contributed by atoms with E-state index in [2.05, 4.69) is 22.3 Å². The number of fused-ring (bicyclic) bond motifs is 1. The van der Waals surface area contributed by atoms with Gasteiger partial charge in [-0.3, -0.25) is 9.48 Å². The van der Waals surface area contributed by atoms with Crippen molar-refractivity contribution in [1.82, 2.24) is 20.1 Å². The maximum absolute atomic E-state index is 12.8. The summed E-state index contributed by atoms with van der Waals surface area (Å²) in [5.74, 6) is -0.747. The summed E-state index contributed by atoms with van der Waals surface area (Å²) >= 11 is 0. The number of benzene rings is 1. The van der Waals surface area contributed by atoms with Crippen molar-refractivity contribution in [2.45, 2.75) is 33.1 Å². The highest BCUT2D eigenvalue weighted by Crippen LogP contribution is 2.32. The number of methoxy groups -OCH3 is 1. The van der Waals surface area contributed by atoms with E-state index in [1.165, 1.54) is 7.11 Å². The van der Waals surface area contributed by atoms with Crippen LogP contribution in [0.4, 0.5) is 0 Å². The zero-order valence-corrected chi connectivity index (χ0v) is 17.3. The number of esters is 1. The number of nitrogens with zero attached hydrogens (tertiary/aromatic N) is 3. The van der Waals surface area contributed by atoms with Crippen molar-refractivity contribution in [1.29, 1.82) is 0 Å². The molecule has 29 heavy (non-hydrogen) atoms. The van der Waals surface area contributed by atoms with Gasteiger partial charge in [0.1, 0.15) is 5.69 Å². The lowest BCUT2D eigenvalue weighted by Gasteiger charge is -2.12. The van der Waals surface area contributed by atoms with E-state index < -0.39 is 5.97 Å². The Bertz CT molecular complexity index is 1060. The van der Waals surface area contributed by atoms with E-state index >= 15 is 0 Å². The first-order chi connectivity index (χ1) is 14.0. The molecule has 2 aromatic heterocycles. The maximum atomic E-state index is 12.8. The van der Waals surface area contributed by atoms with Crippen LogP contribution in [0, 0.1) is 6.92 Å². The average Bonchev–Trinajstić information content (AvgIpc) is 3.07. The van der Waals surface area contributed by atoms with E-state index in [-0.39, 0.29) is 11.6 Å². The lowest BCUT2D eigenvalue weighted by Crippen LogP contribution is -2.25. The molecule has 0 fully saturated rings. The number of aromatic nitrogens is 3. The minimum Gasteiger partial charge on any atom is -0.465 e. The molecule has 1 amide bonds. The van der Waals surface area contributed by atoms with Crippen LogP contribution in [0.5, 0.6) is 0 Å². The van der Waals surface area contributed by atoms with Gasteiger partial charge in [0.25, 0.3) is 5.91 Å². The normalized spacial score (nSPS) is 10.9. The smallest absolute Gasteiger partial charge is 0.340 e. The van der Waals surface area contributed by atoms with Crippen molar-refractivity contribution >= 4 is 22.8 Å². The first-order valence-corrected chi connectivity index (χ1v) is 9.77. The molecule has 7 nitrogen and oxygen atoms in total. The molecule has 0 aliphatic heterocycles. The quantitative estimate of drug-likeness (QED) is 0.488. The number of ether oxygens (including phenoxy) is 1. The number of amides is 1. The number of rotatable bonds is 7. The third-order valence-corrected chi connectivity index (χ3v) is 5.07. The molecule has 0 atom stereocenters. The van der Waals surface area contributed by atoms with Crippen LogP contribution in [0.15, 0.2) is 30.5 Å². The van der Waals surface area contributed by atoms with E-state index in [9.17, 15) is 9.59 Å². The molecule has 0 aliphatic rings. The molecule has 0 saturated carbocycles. The lowest BCUT2D eigenvalue weighted by atomic mass is 9.98. The Morgan fingerprint density at radius 2 is 2.00 bits per heavy atom. The van der Waals surface area contributed by atoms with Crippen LogP contribution in [0.25, 0.3) is 22.0 Å². The first-order valence-electron chi connectivity index (χ1n) is 9.77. The number of carbonyl (C=O) groups excluding carboxylic acids is 2. The summed E-state index contributed by atoms with van der Waals surface area (Å²) in [4.78, 5) is 29.6. The predicted octanol–water partition coefficient (Wildman–Crippen LogP) is 3.65. The van der Waals surface area contributed by atoms with Crippen LogP contribution in [-0.4, -0.2) is 40.3 Å². The minimum absolute atomic E-state index is 0.259. The highest BCUT2D eigenvalue weighted by molar-refractivity contribution is 6.09. The number of carbonyl (C=O) groups is 2. The Morgan fingerprint density at radius 1 is 1.21 bits per heavy atom. The molecular weight excluding hydrogens is 368 g/mol. The van der Waals surface area contributed by atoms with Gasteiger partial charge in [-0.25, -0.2) is 9.78 Å². The number of aryl methyl sites for hydroxylation is 1. The molecular formula is C22H26N4O3. The molecule has 7 heteroatoms. The van der Waals surface area contributed by atoms with Gasteiger partial charge in [0.05, 0.1) is 24.4 Å². The van der Waals surface area contributed by atoms with E-state index in [0.29, 0.717) is 17.6 Å². The zero-order chi connectivity index (χ0) is 21.0. The molecule has 1 aromatic carbocycles. The summed E-state index contributed by atoms with van der Waals surface area (Å²) in [5.41, 5.74) is 3.69. The first kappa shape index (κ1) is 20.5. The van der Waals surface area contributed by atoms with Gasteiger partial charge in [-0.15, -0.1) is 0 Å². The Hall–Kier alpha value is -3.22. The third kappa shape index (κ3) is 4.13. The van der Waals surface area contributed by atoms with E-state index in [4.69, 9.17) is 4.74 Å². The molecule has 0 spiro atoms. The van der Waals surface area contributed by atoms with Crippen molar-refractivity contribution in [3.05, 3.63) is 47.4 Å². The third-order valence-electron chi connectivity index (χ3n) is 5.07. The van der Waals surface area contributed by atoms with E-state index in [1.807, 2.05) is 20.0 Å². The molecule has 0 aliphatic carbocycles. The fraction of sp³-hybridized carbons (Fsp3) is 0.364. The van der Waals surface area contributed by atoms with Crippen LogP contribution in [0.3, 0.4) is 0 Å². The predicted molar refractivity (Wildman–Crippen MR) is 112 cm³/mol. The monoisotopic (exact) mass is 394 g/mol. The molecule has 1 N–H and O–H groups in total. The second-order valence-electron chi connectivity index (χ2n) is 6.98. The van der Waals surface area contributed by atoms with E-state index in [1.54, 1.807) is 29.1 Å². The van der Waals surface area contributed by atoms with Crippen LogP contribution < -0.4 is 5.32 Å². The number of unbranched alkanes of at least 4 members (excludes halogenated alkanes) is 2. The molecule has 0 radical (unpaired) electrons. The van der Waals surface area contributed by atoms with Crippen molar-refractivity contribution in [3.8, 4) is 11.1 Å². The molecule has 2 heterocycles. The molecule has 0 saturated heterocycles. The van der Waals surface area contributed by atoms with Gasteiger partial charge in [-0.1, -0.05) is 31.9 Å². The highest BCUT2D eigenvalue weighted by atomic mass is 16.5. The Kier molecular flexibility index (Phi) is 6.26. The summed E-state index contributed by atoms with van der Waals surface area (Å²) in [6, 6.07) is 7.10. The fourth-order valence-electron chi connectivity index (χ4n) is 3.29. The second-order valence-corrected chi connectivity index (χ2v) is 6.98. The molecule has 3 rings (SSSR count). The summed E-state index contributed by atoms with van der Waals surface area (Å²) in [6.07, 6.45) is 4.81. The summed E-state index contributed by atoms with van der Waals surface area (Å²) in [6.45, 7) is 4.67. The number of pyridine rings is 1. The van der Waals surface area contributed by atoms with Crippen molar-refractivity contribution < 1.29 is 14.3 Å². The van der Waals surface area contributed by atoms with Gasteiger partial charge in [-0.2, -0.15) is 5.10 Å². The van der Waals surface area contributed by atoms with Gasteiger partial charge < -0.3 is 10.1 Å². The number of hydrogen-bond acceptors (Lipinski definition) is 5. The van der Waals surface area contributed by atoms with Crippen LogP contribution >= 0.6 is 0 Å². The number of para-hydroxylation sites is 1. The van der Waals surface area contributed by atoms with Gasteiger partial charge >= 0.3 is 5.97 Å².